The van der Waals surface area contributed by atoms with Gasteiger partial charge >= 0.3 is 0 Å². The van der Waals surface area contributed by atoms with Gasteiger partial charge in [-0.1, -0.05) is 0 Å². The zero-order valence-electron chi connectivity index (χ0n) is 8.95. The van der Waals surface area contributed by atoms with Gasteiger partial charge in [0.15, 0.2) is 0 Å². The Hall–Kier alpha value is -1.00. The number of aromatic nitrogens is 2. The minimum Gasteiger partial charge on any atom is -0.330 e. The third-order valence-corrected chi connectivity index (χ3v) is 2.85. The Balaban J connectivity index is 2.09. The Kier molecular flexibility index (Phi) is 3.64. The third kappa shape index (κ3) is 2.73. The van der Waals surface area contributed by atoms with E-state index in [1.165, 1.54) is 18.5 Å². The van der Waals surface area contributed by atoms with Crippen molar-refractivity contribution >= 4 is 0 Å². The molecule has 0 spiro atoms. The molecule has 1 aromatic heterocycles. The minimum absolute atomic E-state index is 0.603. The van der Waals surface area contributed by atoms with E-state index in [9.17, 15) is 0 Å². The molecule has 3 N–H and O–H groups in total. The molecule has 0 unspecified atom stereocenters. The van der Waals surface area contributed by atoms with E-state index < -0.39 is 0 Å². The average Bonchev–Trinajstić information content (AvgIpc) is 2.31. The second kappa shape index (κ2) is 5.19. The van der Waals surface area contributed by atoms with E-state index in [2.05, 4.69) is 15.3 Å². The molecule has 82 valence electrons. The molecule has 0 saturated carbocycles. The standard InChI is InChI=1S/C11H18N4/c12-5-1-11-14-8-4-10(15-11)9-2-6-13-7-3-9/h4,8-9,13H,1-3,5-7,12H2. The Morgan fingerprint density at radius 2 is 2.20 bits per heavy atom. The van der Waals surface area contributed by atoms with Gasteiger partial charge in [-0.2, -0.15) is 0 Å². The fourth-order valence-electron chi connectivity index (χ4n) is 2.01. The van der Waals surface area contributed by atoms with Gasteiger partial charge in [-0.15, -0.1) is 0 Å². The second-order valence-corrected chi connectivity index (χ2v) is 3.96. The van der Waals surface area contributed by atoms with Gasteiger partial charge in [0.1, 0.15) is 5.82 Å². The Bertz CT molecular complexity index is 307. The molecule has 1 aliphatic rings. The van der Waals surface area contributed by atoms with Gasteiger partial charge < -0.3 is 11.1 Å². The van der Waals surface area contributed by atoms with Gasteiger partial charge in [-0.05, 0) is 38.5 Å². The Morgan fingerprint density at radius 3 is 2.93 bits per heavy atom. The summed E-state index contributed by atoms with van der Waals surface area (Å²) in [7, 11) is 0. The lowest BCUT2D eigenvalue weighted by Gasteiger charge is -2.22. The molecule has 0 radical (unpaired) electrons. The molecule has 0 aromatic carbocycles. The largest absolute Gasteiger partial charge is 0.330 e. The number of nitrogens with zero attached hydrogens (tertiary/aromatic N) is 2. The van der Waals surface area contributed by atoms with Crippen molar-refractivity contribution in [1.29, 1.82) is 0 Å². The van der Waals surface area contributed by atoms with Crippen molar-refractivity contribution < 1.29 is 0 Å². The summed E-state index contributed by atoms with van der Waals surface area (Å²) in [6.07, 6.45) is 4.99. The number of hydrogen-bond donors (Lipinski definition) is 2. The van der Waals surface area contributed by atoms with Crippen LogP contribution in [0.5, 0.6) is 0 Å². The van der Waals surface area contributed by atoms with Crippen molar-refractivity contribution in [3.8, 4) is 0 Å². The maximum absolute atomic E-state index is 5.50. The summed E-state index contributed by atoms with van der Waals surface area (Å²) in [5.41, 5.74) is 6.69. The predicted molar refractivity (Wildman–Crippen MR) is 59.6 cm³/mol. The molecule has 1 fully saturated rings. The summed E-state index contributed by atoms with van der Waals surface area (Å²) in [6, 6.07) is 2.04. The molecular weight excluding hydrogens is 188 g/mol. The van der Waals surface area contributed by atoms with Gasteiger partial charge in [0.25, 0.3) is 0 Å². The molecule has 0 bridgehead atoms. The molecule has 1 aliphatic heterocycles. The first-order valence-electron chi connectivity index (χ1n) is 5.63. The fraction of sp³-hybridized carbons (Fsp3) is 0.636. The number of rotatable bonds is 3. The smallest absolute Gasteiger partial charge is 0.129 e. The van der Waals surface area contributed by atoms with Crippen molar-refractivity contribution in [2.45, 2.75) is 25.2 Å². The van der Waals surface area contributed by atoms with E-state index in [1.807, 2.05) is 12.3 Å². The Labute approximate surface area is 90.3 Å². The first kappa shape index (κ1) is 10.5. The van der Waals surface area contributed by atoms with Crippen LogP contribution < -0.4 is 11.1 Å². The average molecular weight is 206 g/mol. The summed E-state index contributed by atoms with van der Waals surface area (Å²) in [5.74, 6) is 1.49. The van der Waals surface area contributed by atoms with E-state index in [4.69, 9.17) is 5.73 Å². The first-order valence-corrected chi connectivity index (χ1v) is 5.63. The first-order chi connectivity index (χ1) is 7.40. The summed E-state index contributed by atoms with van der Waals surface area (Å²) in [4.78, 5) is 8.78. The van der Waals surface area contributed by atoms with E-state index >= 15 is 0 Å². The molecule has 2 rings (SSSR count). The highest BCUT2D eigenvalue weighted by Crippen LogP contribution is 2.22. The van der Waals surface area contributed by atoms with Crippen molar-refractivity contribution in [3.63, 3.8) is 0 Å². The van der Waals surface area contributed by atoms with E-state index in [-0.39, 0.29) is 0 Å². The number of nitrogens with one attached hydrogen (secondary N) is 1. The van der Waals surface area contributed by atoms with Gasteiger partial charge in [0.05, 0.1) is 0 Å². The maximum atomic E-state index is 5.50. The van der Waals surface area contributed by atoms with Crippen LogP contribution in [-0.4, -0.2) is 29.6 Å². The van der Waals surface area contributed by atoms with E-state index in [1.54, 1.807) is 0 Å². The van der Waals surface area contributed by atoms with Crippen LogP contribution in [0.15, 0.2) is 12.3 Å². The van der Waals surface area contributed by atoms with E-state index in [0.29, 0.717) is 12.5 Å². The molecule has 15 heavy (non-hydrogen) atoms. The lowest BCUT2D eigenvalue weighted by Crippen LogP contribution is -2.27. The molecule has 4 nitrogen and oxygen atoms in total. The van der Waals surface area contributed by atoms with Crippen molar-refractivity contribution in [2.24, 2.45) is 5.73 Å². The zero-order valence-corrected chi connectivity index (χ0v) is 8.95. The van der Waals surface area contributed by atoms with Crippen LogP contribution in [0.2, 0.25) is 0 Å². The zero-order chi connectivity index (χ0) is 10.5. The van der Waals surface area contributed by atoms with E-state index in [0.717, 1.165) is 25.3 Å². The fourth-order valence-corrected chi connectivity index (χ4v) is 2.01. The van der Waals surface area contributed by atoms with Crippen molar-refractivity contribution in [3.05, 3.63) is 23.8 Å². The summed E-state index contributed by atoms with van der Waals surface area (Å²) >= 11 is 0. The van der Waals surface area contributed by atoms with Gasteiger partial charge in [0.2, 0.25) is 0 Å². The molecule has 1 aromatic rings. The van der Waals surface area contributed by atoms with Gasteiger partial charge in [-0.25, -0.2) is 9.97 Å². The predicted octanol–water partition coefficient (Wildman–Crippen LogP) is 0.445. The molecule has 4 heteroatoms. The molecular formula is C11H18N4. The second-order valence-electron chi connectivity index (χ2n) is 3.96. The topological polar surface area (TPSA) is 63.8 Å². The van der Waals surface area contributed by atoms with Crippen LogP contribution in [0.3, 0.4) is 0 Å². The SMILES string of the molecule is NCCc1nccc(C2CCNCC2)n1. The van der Waals surface area contributed by atoms with Gasteiger partial charge in [0, 0.05) is 24.2 Å². The molecule has 1 saturated heterocycles. The highest BCUT2D eigenvalue weighted by atomic mass is 14.9. The van der Waals surface area contributed by atoms with Gasteiger partial charge in [-0.3, -0.25) is 0 Å². The Morgan fingerprint density at radius 1 is 1.40 bits per heavy atom. The van der Waals surface area contributed by atoms with Crippen LogP contribution in [0.25, 0.3) is 0 Å². The summed E-state index contributed by atoms with van der Waals surface area (Å²) in [6.45, 7) is 2.82. The highest BCUT2D eigenvalue weighted by molar-refractivity contribution is 5.09. The maximum Gasteiger partial charge on any atom is 0.129 e. The van der Waals surface area contributed by atoms with Crippen LogP contribution in [-0.2, 0) is 6.42 Å². The lowest BCUT2D eigenvalue weighted by molar-refractivity contribution is 0.451. The normalized spacial score (nSPS) is 17.9. The van der Waals surface area contributed by atoms with Crippen LogP contribution >= 0.6 is 0 Å². The van der Waals surface area contributed by atoms with Crippen LogP contribution in [0.1, 0.15) is 30.3 Å². The summed E-state index contributed by atoms with van der Waals surface area (Å²) < 4.78 is 0. The molecule has 0 amide bonds. The van der Waals surface area contributed by atoms with Crippen LogP contribution in [0.4, 0.5) is 0 Å². The quantitative estimate of drug-likeness (QED) is 0.753. The van der Waals surface area contributed by atoms with Crippen LogP contribution in [0, 0.1) is 0 Å². The summed E-state index contributed by atoms with van der Waals surface area (Å²) in [5, 5.41) is 3.36. The molecule has 0 aliphatic carbocycles. The minimum atomic E-state index is 0.603. The number of piperidine rings is 1. The monoisotopic (exact) mass is 206 g/mol. The highest BCUT2D eigenvalue weighted by Gasteiger charge is 2.16. The molecule has 2 heterocycles. The third-order valence-electron chi connectivity index (χ3n) is 2.85. The number of nitrogens with two attached hydrogens (primary N) is 1. The van der Waals surface area contributed by atoms with Crippen molar-refractivity contribution in [1.82, 2.24) is 15.3 Å². The lowest BCUT2D eigenvalue weighted by atomic mass is 9.94. The van der Waals surface area contributed by atoms with Crippen molar-refractivity contribution in [2.75, 3.05) is 19.6 Å². The molecule has 0 atom stereocenters. The number of hydrogen-bond acceptors (Lipinski definition) is 4.